The highest BCUT2D eigenvalue weighted by Crippen LogP contribution is 2.42. The van der Waals surface area contributed by atoms with E-state index < -0.39 is 0 Å². The van der Waals surface area contributed by atoms with Crippen LogP contribution in [0.15, 0.2) is 78.9 Å². The zero-order valence-corrected chi connectivity index (χ0v) is 17.0. The summed E-state index contributed by atoms with van der Waals surface area (Å²) in [6.07, 6.45) is 0.596. The third-order valence-electron chi connectivity index (χ3n) is 5.56. The highest BCUT2D eigenvalue weighted by Gasteiger charge is 2.37. The van der Waals surface area contributed by atoms with Gasteiger partial charge in [0, 0.05) is 29.9 Å². The van der Waals surface area contributed by atoms with Gasteiger partial charge < -0.3 is 9.80 Å². The predicted molar refractivity (Wildman–Crippen MR) is 116 cm³/mol. The average molecular weight is 402 g/mol. The van der Waals surface area contributed by atoms with E-state index in [2.05, 4.69) is 0 Å². The maximum absolute atomic E-state index is 13.6. The minimum Gasteiger partial charge on any atom is -0.309 e. The van der Waals surface area contributed by atoms with Gasteiger partial charge in [0.05, 0.1) is 6.04 Å². The Morgan fingerprint density at radius 3 is 2.23 bits per heavy atom. The van der Waals surface area contributed by atoms with Crippen LogP contribution in [-0.4, -0.2) is 17.9 Å². The van der Waals surface area contributed by atoms with Crippen molar-refractivity contribution in [2.45, 2.75) is 32.4 Å². The first-order valence-electron chi connectivity index (χ1n) is 10.00. The molecule has 1 aliphatic heterocycles. The van der Waals surface area contributed by atoms with Crippen molar-refractivity contribution in [1.82, 2.24) is 0 Å². The van der Waals surface area contributed by atoms with Crippen molar-refractivity contribution < 1.29 is 14.0 Å². The normalized spacial score (nSPS) is 17.9. The average Bonchev–Trinajstić information content (AvgIpc) is 2.75. The zero-order chi connectivity index (χ0) is 21.3. The Bertz CT molecular complexity index is 1070. The van der Waals surface area contributed by atoms with Crippen molar-refractivity contribution in [3.05, 3.63) is 95.8 Å². The standard InChI is InChI=1S/C25H23FN2O2/c1-17-16-24(22-10-6-7-11-23(22)27(17)18(2)29)28(21-8-4-3-5-9-21)25(30)19-12-14-20(26)15-13-19/h3-15,17,24H,16H2,1-2H3/t17-,24-/m1/s1. The van der Waals surface area contributed by atoms with Crippen LogP contribution in [0.25, 0.3) is 0 Å². The molecule has 2 atom stereocenters. The van der Waals surface area contributed by atoms with E-state index in [-0.39, 0.29) is 29.7 Å². The van der Waals surface area contributed by atoms with Crippen molar-refractivity contribution >= 4 is 23.2 Å². The summed E-state index contributed by atoms with van der Waals surface area (Å²) in [4.78, 5) is 29.5. The Kier molecular flexibility index (Phi) is 5.36. The van der Waals surface area contributed by atoms with E-state index in [9.17, 15) is 14.0 Å². The van der Waals surface area contributed by atoms with Gasteiger partial charge in [0.25, 0.3) is 5.91 Å². The van der Waals surface area contributed by atoms with E-state index in [0.29, 0.717) is 12.0 Å². The number of hydrogen-bond donors (Lipinski definition) is 0. The van der Waals surface area contributed by atoms with Gasteiger partial charge in [-0.2, -0.15) is 0 Å². The van der Waals surface area contributed by atoms with E-state index in [1.807, 2.05) is 61.5 Å². The van der Waals surface area contributed by atoms with E-state index in [4.69, 9.17) is 0 Å². The maximum Gasteiger partial charge on any atom is 0.258 e. The van der Waals surface area contributed by atoms with E-state index >= 15 is 0 Å². The Morgan fingerprint density at radius 2 is 1.57 bits per heavy atom. The number of anilines is 2. The number of rotatable bonds is 3. The first-order valence-corrected chi connectivity index (χ1v) is 10.00. The number of carbonyl (C=O) groups excluding carboxylic acids is 2. The van der Waals surface area contributed by atoms with E-state index in [1.165, 1.54) is 24.3 Å². The SMILES string of the molecule is CC(=O)N1c2ccccc2[C@H](N(C(=O)c2ccc(F)cc2)c2ccccc2)C[C@H]1C. The molecule has 1 heterocycles. The van der Waals surface area contributed by atoms with Gasteiger partial charge in [-0.1, -0.05) is 36.4 Å². The number of amides is 2. The van der Waals surface area contributed by atoms with Crippen LogP contribution < -0.4 is 9.80 Å². The lowest BCUT2D eigenvalue weighted by Crippen LogP contribution is -2.47. The van der Waals surface area contributed by atoms with Crippen molar-refractivity contribution in [3.8, 4) is 0 Å². The molecule has 0 fully saturated rings. The van der Waals surface area contributed by atoms with E-state index in [1.54, 1.807) is 16.7 Å². The summed E-state index contributed by atoms with van der Waals surface area (Å²) in [6.45, 7) is 3.56. The Morgan fingerprint density at radius 1 is 0.933 bits per heavy atom. The maximum atomic E-state index is 13.6. The fraction of sp³-hybridized carbons (Fsp3) is 0.200. The molecule has 4 rings (SSSR count). The molecule has 0 bridgehead atoms. The van der Waals surface area contributed by atoms with E-state index in [0.717, 1.165) is 16.9 Å². The molecule has 0 saturated heterocycles. The van der Waals surface area contributed by atoms with Gasteiger partial charge in [0.2, 0.25) is 5.91 Å². The van der Waals surface area contributed by atoms with Gasteiger partial charge in [0.15, 0.2) is 0 Å². The van der Waals surface area contributed by atoms with Crippen LogP contribution in [0.5, 0.6) is 0 Å². The second-order valence-electron chi connectivity index (χ2n) is 7.57. The van der Waals surface area contributed by atoms with Crippen molar-refractivity contribution in [3.63, 3.8) is 0 Å². The highest BCUT2D eigenvalue weighted by molar-refractivity contribution is 6.07. The molecule has 0 saturated carbocycles. The second-order valence-corrected chi connectivity index (χ2v) is 7.57. The summed E-state index contributed by atoms with van der Waals surface area (Å²) < 4.78 is 13.4. The Hall–Kier alpha value is -3.47. The van der Waals surface area contributed by atoms with Crippen LogP contribution in [0.2, 0.25) is 0 Å². The van der Waals surface area contributed by atoms with Gasteiger partial charge in [-0.15, -0.1) is 0 Å². The molecule has 0 aromatic heterocycles. The number of nitrogens with zero attached hydrogens (tertiary/aromatic N) is 2. The molecule has 0 unspecified atom stereocenters. The number of carbonyl (C=O) groups is 2. The van der Waals surface area contributed by atoms with Crippen LogP contribution in [0, 0.1) is 5.82 Å². The molecule has 0 radical (unpaired) electrons. The molecule has 0 N–H and O–H groups in total. The molecule has 3 aromatic carbocycles. The van der Waals surface area contributed by atoms with Crippen molar-refractivity contribution in [2.75, 3.05) is 9.80 Å². The summed E-state index contributed by atoms with van der Waals surface area (Å²) in [6, 6.07) is 22.5. The molecule has 0 spiro atoms. The summed E-state index contributed by atoms with van der Waals surface area (Å²) in [5, 5.41) is 0. The van der Waals surface area contributed by atoms with Crippen LogP contribution in [-0.2, 0) is 4.79 Å². The lowest BCUT2D eigenvalue weighted by Gasteiger charge is -2.43. The second kappa shape index (κ2) is 8.11. The van der Waals surface area contributed by atoms with Crippen LogP contribution in [0.3, 0.4) is 0 Å². The van der Waals surface area contributed by atoms with Gasteiger partial charge >= 0.3 is 0 Å². The summed E-state index contributed by atoms with van der Waals surface area (Å²) in [5.74, 6) is -0.611. The smallest absolute Gasteiger partial charge is 0.258 e. The summed E-state index contributed by atoms with van der Waals surface area (Å²) in [7, 11) is 0. The minimum atomic E-state index is -0.383. The first kappa shape index (κ1) is 19.8. The largest absolute Gasteiger partial charge is 0.309 e. The quantitative estimate of drug-likeness (QED) is 0.592. The molecule has 1 aliphatic rings. The Labute approximate surface area is 175 Å². The van der Waals surface area contributed by atoms with Crippen LogP contribution >= 0.6 is 0 Å². The number of hydrogen-bond acceptors (Lipinski definition) is 2. The third-order valence-corrected chi connectivity index (χ3v) is 5.56. The number of halogens is 1. The zero-order valence-electron chi connectivity index (χ0n) is 17.0. The molecular formula is C25H23FN2O2. The molecule has 4 nitrogen and oxygen atoms in total. The fourth-order valence-corrected chi connectivity index (χ4v) is 4.26. The van der Waals surface area contributed by atoms with Crippen molar-refractivity contribution in [2.24, 2.45) is 0 Å². The van der Waals surface area contributed by atoms with Crippen molar-refractivity contribution in [1.29, 1.82) is 0 Å². The summed E-state index contributed by atoms with van der Waals surface area (Å²) in [5.41, 5.74) is 2.92. The lowest BCUT2D eigenvalue weighted by atomic mass is 9.89. The molecule has 3 aromatic rings. The number of para-hydroxylation sites is 2. The van der Waals surface area contributed by atoms with Gasteiger partial charge in [0.1, 0.15) is 5.82 Å². The number of fused-ring (bicyclic) bond motifs is 1. The highest BCUT2D eigenvalue weighted by atomic mass is 19.1. The minimum absolute atomic E-state index is 0.0236. The fourth-order valence-electron chi connectivity index (χ4n) is 4.26. The number of benzene rings is 3. The topological polar surface area (TPSA) is 40.6 Å². The first-order chi connectivity index (χ1) is 14.5. The monoisotopic (exact) mass is 402 g/mol. The summed E-state index contributed by atoms with van der Waals surface area (Å²) >= 11 is 0. The molecule has 0 aliphatic carbocycles. The van der Waals surface area contributed by atoms with Crippen LogP contribution in [0.1, 0.15) is 42.2 Å². The molecule has 5 heteroatoms. The van der Waals surface area contributed by atoms with Gasteiger partial charge in [-0.25, -0.2) is 4.39 Å². The molecular weight excluding hydrogens is 379 g/mol. The molecule has 152 valence electrons. The van der Waals surface area contributed by atoms with Gasteiger partial charge in [-0.05, 0) is 61.4 Å². The third kappa shape index (κ3) is 3.59. The molecule has 2 amide bonds. The predicted octanol–water partition coefficient (Wildman–Crippen LogP) is 5.36. The Balaban J connectivity index is 1.85. The van der Waals surface area contributed by atoms with Crippen LogP contribution in [0.4, 0.5) is 15.8 Å². The van der Waals surface area contributed by atoms with Gasteiger partial charge in [-0.3, -0.25) is 9.59 Å². The lowest BCUT2D eigenvalue weighted by molar-refractivity contribution is -0.117. The molecule has 30 heavy (non-hydrogen) atoms.